The van der Waals surface area contributed by atoms with E-state index in [0.717, 1.165) is 78.8 Å². The fourth-order valence-corrected chi connectivity index (χ4v) is 9.62. The van der Waals surface area contributed by atoms with Gasteiger partial charge in [-0.1, -0.05) is 45.8 Å². The minimum Gasteiger partial charge on any atom is -0.478 e. The van der Waals surface area contributed by atoms with E-state index in [9.17, 15) is 14.3 Å². The van der Waals surface area contributed by atoms with Crippen molar-refractivity contribution in [1.29, 1.82) is 0 Å². The normalized spacial score (nSPS) is 26.7. The van der Waals surface area contributed by atoms with Crippen LogP contribution >= 0.6 is 34.5 Å². The molecule has 4 fully saturated rings. The number of aromatic nitrogens is 2. The number of carboxylic acid groups (broad SMARTS) is 1. The van der Waals surface area contributed by atoms with Crippen LogP contribution in [0.5, 0.6) is 0 Å². The molecular formula is C32H31Cl2FN4O3S. The van der Waals surface area contributed by atoms with E-state index in [2.05, 4.69) is 19.9 Å². The van der Waals surface area contributed by atoms with Crippen LogP contribution in [0.1, 0.15) is 79.0 Å². The molecule has 1 N–H and O–H groups in total. The molecule has 2 bridgehead atoms. The number of aromatic carboxylic acids is 1. The third-order valence-corrected chi connectivity index (χ3v) is 12.0. The Kier molecular flexibility index (Phi) is 6.57. The summed E-state index contributed by atoms with van der Waals surface area (Å²) >= 11 is 14.6. The van der Waals surface area contributed by atoms with Crippen LogP contribution < -0.4 is 4.90 Å². The predicted molar refractivity (Wildman–Crippen MR) is 166 cm³/mol. The lowest BCUT2D eigenvalue weighted by Crippen LogP contribution is -2.57. The summed E-state index contributed by atoms with van der Waals surface area (Å²) in [5.41, 5.74) is 3.19. The Bertz CT molecular complexity index is 1730. The van der Waals surface area contributed by atoms with Crippen molar-refractivity contribution >= 4 is 55.9 Å². The Morgan fingerprint density at radius 3 is 2.49 bits per heavy atom. The van der Waals surface area contributed by atoms with Crippen LogP contribution in [0.4, 0.5) is 9.52 Å². The van der Waals surface area contributed by atoms with E-state index < -0.39 is 11.8 Å². The zero-order valence-corrected chi connectivity index (χ0v) is 26.0. The third kappa shape index (κ3) is 4.66. The second kappa shape index (κ2) is 10.2. The summed E-state index contributed by atoms with van der Waals surface area (Å²) in [6.07, 6.45) is 9.15. The van der Waals surface area contributed by atoms with Gasteiger partial charge in [0, 0.05) is 48.8 Å². The minimum atomic E-state index is -1.14. The number of thiazole rings is 1. The molecule has 8 rings (SSSR count). The molecule has 2 aliphatic carbocycles. The maximum Gasteiger partial charge on any atom is 0.335 e. The van der Waals surface area contributed by atoms with Crippen molar-refractivity contribution in [3.63, 3.8) is 0 Å². The third-order valence-electron chi connectivity index (χ3n) is 10.3. The number of piperidine rings is 1. The second-order valence-corrected chi connectivity index (χ2v) is 14.8. The molecule has 43 heavy (non-hydrogen) atoms. The first-order chi connectivity index (χ1) is 20.7. The number of halogens is 3. The lowest BCUT2D eigenvalue weighted by atomic mass is 9.58. The van der Waals surface area contributed by atoms with Crippen molar-refractivity contribution in [3.8, 4) is 11.3 Å². The molecule has 7 nitrogen and oxygen atoms in total. The van der Waals surface area contributed by atoms with E-state index in [1.807, 2.05) is 25.2 Å². The lowest BCUT2D eigenvalue weighted by molar-refractivity contribution is -0.0268. The van der Waals surface area contributed by atoms with Crippen molar-refractivity contribution in [2.24, 2.45) is 5.41 Å². The van der Waals surface area contributed by atoms with Crippen LogP contribution in [-0.2, 0) is 6.54 Å². The number of benzene rings is 2. The predicted octanol–water partition coefficient (Wildman–Crippen LogP) is 8.38. The van der Waals surface area contributed by atoms with E-state index in [0.29, 0.717) is 44.2 Å². The molecule has 4 aromatic rings. The van der Waals surface area contributed by atoms with E-state index in [1.54, 1.807) is 0 Å². The average Bonchev–Trinajstić information content (AvgIpc) is 3.49. The molecule has 2 saturated heterocycles. The number of anilines is 1. The Labute approximate surface area is 262 Å². The number of fused-ring (bicyclic) bond motifs is 3. The highest BCUT2D eigenvalue weighted by molar-refractivity contribution is 7.22. The van der Waals surface area contributed by atoms with Gasteiger partial charge in [-0.2, -0.15) is 0 Å². The van der Waals surface area contributed by atoms with Gasteiger partial charge in [-0.3, -0.25) is 4.90 Å². The SMILES string of the molecule is CN(c1nc2c(F)cc(C(=O)O)cc2s1)C1CC2(C1)CC1CCC(C2)N1Cc1c(-c2c(Cl)cccc2Cl)noc1C1CC1. The van der Waals surface area contributed by atoms with Gasteiger partial charge in [-0.05, 0) is 81.0 Å². The van der Waals surface area contributed by atoms with Crippen LogP contribution in [0.15, 0.2) is 34.9 Å². The summed E-state index contributed by atoms with van der Waals surface area (Å²) < 4.78 is 21.1. The highest BCUT2D eigenvalue weighted by Crippen LogP contribution is 2.58. The van der Waals surface area contributed by atoms with Crippen LogP contribution in [0.25, 0.3) is 21.5 Å². The summed E-state index contributed by atoms with van der Waals surface area (Å²) in [7, 11) is 2.03. The van der Waals surface area contributed by atoms with Gasteiger partial charge in [-0.25, -0.2) is 14.2 Å². The summed E-state index contributed by atoms with van der Waals surface area (Å²) in [4.78, 5) is 20.8. The van der Waals surface area contributed by atoms with Gasteiger partial charge in [0.25, 0.3) is 0 Å². The van der Waals surface area contributed by atoms with E-state index in [1.165, 1.54) is 30.2 Å². The standard InChI is InChI=1S/C32H31Cl2FN4O3S/c1-38(31-36-28-24(35)9-17(30(40)41)10-25(28)43-31)20-13-32(14-20)11-18-7-8-19(12-32)39(18)15-21-27(37-42-29(21)16-5-6-16)26-22(33)3-2-4-23(26)34/h2-4,9-10,16,18-20H,5-8,11-15H2,1H3,(H,40,41). The van der Waals surface area contributed by atoms with Gasteiger partial charge in [0.1, 0.15) is 17.0 Å². The molecule has 224 valence electrons. The first-order valence-electron chi connectivity index (χ1n) is 14.9. The van der Waals surface area contributed by atoms with Gasteiger partial charge in [0.15, 0.2) is 10.9 Å². The number of hydrogen-bond acceptors (Lipinski definition) is 7. The van der Waals surface area contributed by atoms with Crippen molar-refractivity contribution in [3.05, 3.63) is 63.1 Å². The molecule has 2 saturated carbocycles. The molecule has 2 aromatic carbocycles. The Hall–Kier alpha value is -2.72. The molecule has 2 aliphatic heterocycles. The van der Waals surface area contributed by atoms with Crippen LogP contribution in [0, 0.1) is 11.2 Å². The van der Waals surface area contributed by atoms with Crippen LogP contribution in [-0.4, -0.2) is 51.3 Å². The van der Waals surface area contributed by atoms with Gasteiger partial charge in [-0.15, -0.1) is 0 Å². The fraction of sp³-hybridized carbons (Fsp3) is 0.469. The summed E-state index contributed by atoms with van der Waals surface area (Å²) in [5, 5.41) is 15.8. The molecule has 0 radical (unpaired) electrons. The van der Waals surface area contributed by atoms with Crippen molar-refractivity contribution in [2.75, 3.05) is 11.9 Å². The highest BCUT2D eigenvalue weighted by atomic mass is 35.5. The molecule has 1 spiro atoms. The minimum absolute atomic E-state index is 0.0507. The molecule has 4 aliphatic rings. The smallest absolute Gasteiger partial charge is 0.335 e. The van der Waals surface area contributed by atoms with Crippen molar-refractivity contribution < 1.29 is 18.8 Å². The zero-order chi connectivity index (χ0) is 29.6. The molecule has 0 amide bonds. The monoisotopic (exact) mass is 640 g/mol. The average molecular weight is 642 g/mol. The number of hydrogen-bond donors (Lipinski definition) is 1. The quantitative estimate of drug-likeness (QED) is 0.217. The summed E-state index contributed by atoms with van der Waals surface area (Å²) in [6.45, 7) is 0.802. The number of carboxylic acids is 1. The first-order valence-corrected chi connectivity index (χ1v) is 16.5. The van der Waals surface area contributed by atoms with E-state index in [-0.39, 0.29) is 11.1 Å². The molecule has 2 atom stereocenters. The molecule has 2 aromatic heterocycles. The lowest BCUT2D eigenvalue weighted by Gasteiger charge is -2.57. The zero-order valence-electron chi connectivity index (χ0n) is 23.7. The highest BCUT2D eigenvalue weighted by Gasteiger charge is 2.55. The Balaban J connectivity index is 0.993. The maximum atomic E-state index is 14.6. The molecule has 4 heterocycles. The van der Waals surface area contributed by atoms with Crippen LogP contribution in [0.2, 0.25) is 10.0 Å². The number of nitrogens with zero attached hydrogens (tertiary/aromatic N) is 4. The first kappa shape index (κ1) is 27.8. The molecule has 2 unspecified atom stereocenters. The van der Waals surface area contributed by atoms with Gasteiger partial charge < -0.3 is 14.5 Å². The number of rotatable bonds is 7. The molecular weight excluding hydrogens is 610 g/mol. The fourth-order valence-electron chi connectivity index (χ4n) is 7.99. The van der Waals surface area contributed by atoms with Crippen LogP contribution in [0.3, 0.4) is 0 Å². The van der Waals surface area contributed by atoms with E-state index >= 15 is 0 Å². The number of carbonyl (C=O) groups is 1. The topological polar surface area (TPSA) is 82.7 Å². The van der Waals surface area contributed by atoms with Crippen molar-refractivity contribution in [2.45, 2.75) is 82.0 Å². The van der Waals surface area contributed by atoms with Gasteiger partial charge in [0.2, 0.25) is 0 Å². The summed E-state index contributed by atoms with van der Waals surface area (Å²) in [5.74, 6) is -0.292. The Morgan fingerprint density at radius 1 is 1.14 bits per heavy atom. The van der Waals surface area contributed by atoms with Crippen molar-refractivity contribution in [1.82, 2.24) is 15.0 Å². The molecule has 11 heteroatoms. The van der Waals surface area contributed by atoms with Gasteiger partial charge in [0.05, 0.1) is 20.3 Å². The second-order valence-electron chi connectivity index (χ2n) is 13.0. The maximum absolute atomic E-state index is 14.6. The summed E-state index contributed by atoms with van der Waals surface area (Å²) in [6, 6.07) is 9.48. The largest absolute Gasteiger partial charge is 0.478 e. The Morgan fingerprint density at radius 2 is 1.84 bits per heavy atom. The van der Waals surface area contributed by atoms with Gasteiger partial charge >= 0.3 is 5.97 Å². The van der Waals surface area contributed by atoms with E-state index in [4.69, 9.17) is 27.7 Å².